The van der Waals surface area contributed by atoms with E-state index >= 15 is 0 Å². The summed E-state index contributed by atoms with van der Waals surface area (Å²) in [6.45, 7) is 0. The predicted molar refractivity (Wildman–Crippen MR) is 68.4 cm³/mol. The summed E-state index contributed by atoms with van der Waals surface area (Å²) < 4.78 is 44.1. The average molecular weight is 287 g/mol. The van der Waals surface area contributed by atoms with Gasteiger partial charge in [0.15, 0.2) is 0 Å². The molecule has 0 saturated heterocycles. The van der Waals surface area contributed by atoms with Crippen molar-refractivity contribution in [2.45, 2.75) is 6.18 Å². The summed E-state index contributed by atoms with van der Waals surface area (Å²) in [5.74, 6) is 0.237. The van der Waals surface area contributed by atoms with Crippen LogP contribution in [0.3, 0.4) is 0 Å². The fraction of sp³-hybridized carbons (Fsp3) is 0.143. The number of benzene rings is 2. The quantitative estimate of drug-likeness (QED) is 0.752. The normalized spacial score (nSPS) is 11.4. The predicted octanol–water partition coefficient (Wildman–Crippen LogP) is 5.03. The summed E-state index contributed by atoms with van der Waals surface area (Å²) in [6.07, 6.45) is -4.43. The van der Waals surface area contributed by atoms with Crippen molar-refractivity contribution < 1.29 is 17.9 Å². The van der Waals surface area contributed by atoms with E-state index in [1.54, 1.807) is 24.3 Å². The van der Waals surface area contributed by atoms with Crippen LogP contribution in [-0.2, 0) is 6.18 Å². The molecule has 0 unspecified atom stereocenters. The van der Waals surface area contributed by atoms with Crippen molar-refractivity contribution >= 4 is 11.6 Å². The summed E-state index contributed by atoms with van der Waals surface area (Å²) in [7, 11) is 1.38. The highest BCUT2D eigenvalue weighted by Crippen LogP contribution is 2.42. The summed E-state index contributed by atoms with van der Waals surface area (Å²) in [5.41, 5.74) is -0.340. The monoisotopic (exact) mass is 286 g/mol. The molecule has 100 valence electrons. The molecule has 2 aromatic carbocycles. The standard InChI is InChI=1S/C14H10ClF3O/c1-19-13-10(6-4-8-12(13)15)9-5-2-3-7-11(9)14(16,17)18/h2-8H,1H3. The van der Waals surface area contributed by atoms with Crippen LogP contribution >= 0.6 is 11.6 Å². The summed E-state index contributed by atoms with van der Waals surface area (Å²) in [5, 5.41) is 0.275. The zero-order chi connectivity index (χ0) is 14.0. The van der Waals surface area contributed by atoms with Crippen molar-refractivity contribution in [2.24, 2.45) is 0 Å². The van der Waals surface area contributed by atoms with Gasteiger partial charge >= 0.3 is 6.18 Å². The zero-order valence-electron chi connectivity index (χ0n) is 9.96. The maximum atomic E-state index is 13.0. The van der Waals surface area contributed by atoms with Gasteiger partial charge in [-0.15, -0.1) is 0 Å². The molecule has 0 aliphatic heterocycles. The number of alkyl halides is 3. The molecule has 1 nitrogen and oxygen atoms in total. The molecule has 0 N–H and O–H groups in total. The second-order valence-corrected chi connectivity index (χ2v) is 4.27. The number of para-hydroxylation sites is 1. The molecule has 2 rings (SSSR count). The topological polar surface area (TPSA) is 9.23 Å². The highest BCUT2D eigenvalue weighted by molar-refractivity contribution is 6.32. The maximum Gasteiger partial charge on any atom is 0.417 e. The first-order valence-electron chi connectivity index (χ1n) is 5.44. The Hall–Kier alpha value is -1.68. The molecule has 0 atom stereocenters. The van der Waals surface area contributed by atoms with Crippen molar-refractivity contribution in [3.8, 4) is 16.9 Å². The van der Waals surface area contributed by atoms with E-state index in [0.29, 0.717) is 5.56 Å². The van der Waals surface area contributed by atoms with E-state index in [0.717, 1.165) is 6.07 Å². The van der Waals surface area contributed by atoms with Gasteiger partial charge in [-0.2, -0.15) is 13.2 Å². The molecule has 0 aliphatic rings. The van der Waals surface area contributed by atoms with Gasteiger partial charge in [0.2, 0.25) is 0 Å². The first-order chi connectivity index (χ1) is 8.95. The first kappa shape index (κ1) is 13.7. The zero-order valence-corrected chi connectivity index (χ0v) is 10.7. The molecule has 0 spiro atoms. The third-order valence-electron chi connectivity index (χ3n) is 2.69. The molecule has 0 aromatic heterocycles. The van der Waals surface area contributed by atoms with E-state index in [1.807, 2.05) is 0 Å². The van der Waals surface area contributed by atoms with E-state index in [2.05, 4.69) is 0 Å². The van der Waals surface area contributed by atoms with E-state index in [4.69, 9.17) is 16.3 Å². The van der Waals surface area contributed by atoms with Gasteiger partial charge in [0, 0.05) is 5.56 Å². The van der Waals surface area contributed by atoms with Gasteiger partial charge in [0.05, 0.1) is 17.7 Å². The fourth-order valence-electron chi connectivity index (χ4n) is 1.89. The molecule has 0 heterocycles. The van der Waals surface area contributed by atoms with Crippen LogP contribution in [0.2, 0.25) is 5.02 Å². The SMILES string of the molecule is COc1c(Cl)cccc1-c1ccccc1C(F)(F)F. The van der Waals surface area contributed by atoms with Gasteiger partial charge < -0.3 is 4.74 Å². The van der Waals surface area contributed by atoms with Crippen LogP contribution in [0.15, 0.2) is 42.5 Å². The lowest BCUT2D eigenvalue weighted by Crippen LogP contribution is -2.07. The number of hydrogen-bond donors (Lipinski definition) is 0. The molecule has 0 amide bonds. The number of ether oxygens (including phenoxy) is 1. The van der Waals surface area contributed by atoms with E-state index in [-0.39, 0.29) is 16.3 Å². The lowest BCUT2D eigenvalue weighted by atomic mass is 9.98. The minimum atomic E-state index is -4.43. The Morgan fingerprint density at radius 3 is 2.21 bits per heavy atom. The van der Waals surface area contributed by atoms with Gasteiger partial charge in [-0.1, -0.05) is 41.9 Å². The van der Waals surface area contributed by atoms with Crippen molar-refractivity contribution in [1.29, 1.82) is 0 Å². The Kier molecular flexibility index (Phi) is 3.71. The second-order valence-electron chi connectivity index (χ2n) is 3.86. The van der Waals surface area contributed by atoms with E-state index in [1.165, 1.54) is 19.2 Å². The van der Waals surface area contributed by atoms with E-state index in [9.17, 15) is 13.2 Å². The smallest absolute Gasteiger partial charge is 0.417 e. The van der Waals surface area contributed by atoms with Crippen molar-refractivity contribution in [2.75, 3.05) is 7.11 Å². The van der Waals surface area contributed by atoms with Gasteiger partial charge in [-0.25, -0.2) is 0 Å². The first-order valence-corrected chi connectivity index (χ1v) is 5.82. The van der Waals surface area contributed by atoms with Crippen LogP contribution in [0.5, 0.6) is 5.75 Å². The lowest BCUT2D eigenvalue weighted by Gasteiger charge is -2.15. The highest BCUT2D eigenvalue weighted by Gasteiger charge is 2.34. The Morgan fingerprint density at radius 1 is 0.947 bits per heavy atom. The van der Waals surface area contributed by atoms with Crippen LogP contribution in [-0.4, -0.2) is 7.11 Å². The van der Waals surface area contributed by atoms with Gasteiger partial charge in [0.1, 0.15) is 5.75 Å². The van der Waals surface area contributed by atoms with E-state index < -0.39 is 11.7 Å². The van der Waals surface area contributed by atoms with Gasteiger partial charge in [-0.3, -0.25) is 0 Å². The minimum absolute atomic E-state index is 0.0503. The molecular formula is C14H10ClF3O. The largest absolute Gasteiger partial charge is 0.495 e. The Labute approximate surface area is 113 Å². The number of halogens is 4. The number of methoxy groups -OCH3 is 1. The highest BCUT2D eigenvalue weighted by atomic mass is 35.5. The summed E-state index contributed by atoms with van der Waals surface area (Å²) >= 11 is 5.94. The van der Waals surface area contributed by atoms with Crippen LogP contribution in [0, 0.1) is 0 Å². The Balaban J connectivity index is 2.70. The number of rotatable bonds is 2. The van der Waals surface area contributed by atoms with Gasteiger partial charge in [-0.05, 0) is 17.7 Å². The molecular weight excluding hydrogens is 277 g/mol. The third kappa shape index (κ3) is 2.68. The molecule has 0 bridgehead atoms. The van der Waals surface area contributed by atoms with Crippen LogP contribution in [0.4, 0.5) is 13.2 Å². The number of hydrogen-bond acceptors (Lipinski definition) is 1. The van der Waals surface area contributed by atoms with Crippen LogP contribution < -0.4 is 4.74 Å². The minimum Gasteiger partial charge on any atom is -0.495 e. The van der Waals surface area contributed by atoms with Crippen LogP contribution in [0.1, 0.15) is 5.56 Å². The third-order valence-corrected chi connectivity index (χ3v) is 2.99. The molecule has 2 aromatic rings. The molecule has 0 saturated carbocycles. The summed E-state index contributed by atoms with van der Waals surface area (Å²) in [4.78, 5) is 0. The maximum absolute atomic E-state index is 13.0. The van der Waals surface area contributed by atoms with Crippen molar-refractivity contribution in [3.63, 3.8) is 0 Å². The van der Waals surface area contributed by atoms with Gasteiger partial charge in [0.25, 0.3) is 0 Å². The molecule has 19 heavy (non-hydrogen) atoms. The van der Waals surface area contributed by atoms with Crippen molar-refractivity contribution in [1.82, 2.24) is 0 Å². The Morgan fingerprint density at radius 2 is 1.58 bits per heavy atom. The molecule has 0 radical (unpaired) electrons. The average Bonchev–Trinajstić information content (AvgIpc) is 2.37. The molecule has 0 fully saturated rings. The fourth-order valence-corrected chi connectivity index (χ4v) is 2.15. The molecule has 5 heteroatoms. The van der Waals surface area contributed by atoms with Crippen LogP contribution in [0.25, 0.3) is 11.1 Å². The molecule has 0 aliphatic carbocycles. The second kappa shape index (κ2) is 5.13. The Bertz CT molecular complexity index is 593. The van der Waals surface area contributed by atoms with Crippen molar-refractivity contribution in [3.05, 3.63) is 53.1 Å². The lowest BCUT2D eigenvalue weighted by molar-refractivity contribution is -0.137. The summed E-state index contributed by atoms with van der Waals surface area (Å²) in [6, 6.07) is 10.0.